The van der Waals surface area contributed by atoms with Gasteiger partial charge in [0.05, 0.1) is 22.9 Å². The van der Waals surface area contributed by atoms with Crippen molar-refractivity contribution >= 4 is 22.5 Å². The highest BCUT2D eigenvalue weighted by atomic mass is 16.2. The fourth-order valence-corrected chi connectivity index (χ4v) is 2.08. The van der Waals surface area contributed by atoms with Gasteiger partial charge >= 0.3 is 0 Å². The van der Waals surface area contributed by atoms with E-state index in [9.17, 15) is 9.59 Å². The van der Waals surface area contributed by atoms with Crippen LogP contribution < -0.4 is 16.4 Å². The van der Waals surface area contributed by atoms with Crippen LogP contribution in [0.1, 0.15) is 0 Å². The van der Waals surface area contributed by atoms with Gasteiger partial charge in [-0.2, -0.15) is 0 Å². The van der Waals surface area contributed by atoms with E-state index in [-0.39, 0.29) is 18.0 Å². The molecule has 0 unspecified atom stereocenters. The molecule has 0 aliphatic heterocycles. The van der Waals surface area contributed by atoms with E-state index < -0.39 is 0 Å². The van der Waals surface area contributed by atoms with Crippen molar-refractivity contribution in [2.45, 2.75) is 6.54 Å². The highest BCUT2D eigenvalue weighted by Gasteiger charge is 2.07. The molecule has 0 radical (unpaired) electrons. The van der Waals surface area contributed by atoms with Crippen molar-refractivity contribution in [3.8, 4) is 0 Å². The highest BCUT2D eigenvalue weighted by molar-refractivity contribution is 5.79. The van der Waals surface area contributed by atoms with Gasteiger partial charge in [-0.1, -0.05) is 30.3 Å². The summed E-state index contributed by atoms with van der Waals surface area (Å²) in [7, 11) is 0. The smallest absolute Gasteiger partial charge is 0.261 e. The monoisotopic (exact) mass is 294 g/mol. The number of hydrogen-bond acceptors (Lipinski definition) is 4. The Morgan fingerprint density at radius 3 is 2.59 bits per heavy atom. The van der Waals surface area contributed by atoms with Crippen molar-refractivity contribution in [2.24, 2.45) is 0 Å². The van der Waals surface area contributed by atoms with E-state index in [4.69, 9.17) is 0 Å². The fraction of sp³-hybridized carbons (Fsp3) is 0.0625. The summed E-state index contributed by atoms with van der Waals surface area (Å²) in [6.45, 7) is -0.101. The lowest BCUT2D eigenvalue weighted by molar-refractivity contribution is -0.121. The minimum atomic E-state index is -0.331. The Labute approximate surface area is 126 Å². The first kappa shape index (κ1) is 13.8. The largest absolute Gasteiger partial charge is 0.299 e. The van der Waals surface area contributed by atoms with E-state index in [2.05, 4.69) is 15.8 Å². The second-order valence-corrected chi connectivity index (χ2v) is 4.73. The molecule has 0 spiro atoms. The van der Waals surface area contributed by atoms with Crippen molar-refractivity contribution in [1.29, 1.82) is 0 Å². The Bertz CT molecular complexity index is 859. The number of aromatic nitrogens is 2. The van der Waals surface area contributed by atoms with Gasteiger partial charge in [0, 0.05) is 0 Å². The van der Waals surface area contributed by atoms with Crippen molar-refractivity contribution in [2.75, 3.05) is 5.43 Å². The third-order valence-electron chi connectivity index (χ3n) is 3.17. The summed E-state index contributed by atoms with van der Waals surface area (Å²) < 4.78 is 1.28. The Morgan fingerprint density at radius 2 is 1.77 bits per heavy atom. The first-order valence-electron chi connectivity index (χ1n) is 6.78. The second kappa shape index (κ2) is 6.09. The van der Waals surface area contributed by atoms with Crippen LogP contribution in [0.3, 0.4) is 0 Å². The number of amides is 1. The molecule has 3 rings (SSSR count). The lowest BCUT2D eigenvalue weighted by Crippen LogP contribution is -2.35. The predicted octanol–water partition coefficient (Wildman–Crippen LogP) is 1.54. The number of carbonyl (C=O) groups excluding carboxylic acids is 1. The van der Waals surface area contributed by atoms with Gasteiger partial charge < -0.3 is 0 Å². The molecule has 0 bridgehead atoms. The second-order valence-electron chi connectivity index (χ2n) is 4.73. The fourth-order valence-electron chi connectivity index (χ4n) is 2.08. The number of hydrazine groups is 1. The van der Waals surface area contributed by atoms with Gasteiger partial charge in [0.2, 0.25) is 0 Å². The van der Waals surface area contributed by atoms with Crippen LogP contribution in [0.25, 0.3) is 10.9 Å². The molecule has 2 aromatic carbocycles. The molecule has 22 heavy (non-hydrogen) atoms. The van der Waals surface area contributed by atoms with Gasteiger partial charge in [0.25, 0.3) is 11.5 Å². The Morgan fingerprint density at radius 1 is 1.05 bits per heavy atom. The van der Waals surface area contributed by atoms with Crippen LogP contribution in [0.2, 0.25) is 0 Å². The zero-order chi connectivity index (χ0) is 15.4. The van der Waals surface area contributed by atoms with Crippen LogP contribution in [0.4, 0.5) is 5.69 Å². The van der Waals surface area contributed by atoms with E-state index in [0.29, 0.717) is 10.9 Å². The van der Waals surface area contributed by atoms with Gasteiger partial charge in [0.15, 0.2) is 0 Å². The maximum absolute atomic E-state index is 12.3. The van der Waals surface area contributed by atoms with Crippen molar-refractivity contribution in [1.82, 2.24) is 15.0 Å². The summed E-state index contributed by atoms with van der Waals surface area (Å²) in [5, 5.41) is 0.494. The molecule has 1 aromatic heterocycles. The molecular formula is C16H14N4O2. The molecular weight excluding hydrogens is 280 g/mol. The number of carbonyl (C=O) groups is 1. The van der Waals surface area contributed by atoms with E-state index in [1.54, 1.807) is 18.2 Å². The van der Waals surface area contributed by atoms with Gasteiger partial charge in [-0.15, -0.1) is 0 Å². The number of nitrogens with zero attached hydrogens (tertiary/aromatic N) is 2. The molecule has 6 heteroatoms. The SMILES string of the molecule is O=C(Cn1cnc2ccccc2c1=O)NNc1ccccc1. The zero-order valence-corrected chi connectivity index (χ0v) is 11.7. The normalized spacial score (nSPS) is 10.4. The summed E-state index contributed by atoms with van der Waals surface area (Å²) in [6.07, 6.45) is 1.38. The van der Waals surface area contributed by atoms with Crippen molar-refractivity contribution in [3.63, 3.8) is 0 Å². The van der Waals surface area contributed by atoms with E-state index in [1.807, 2.05) is 36.4 Å². The Balaban J connectivity index is 1.72. The molecule has 6 nitrogen and oxygen atoms in total. The van der Waals surface area contributed by atoms with Gasteiger partial charge in [-0.25, -0.2) is 4.98 Å². The number of benzene rings is 2. The average molecular weight is 294 g/mol. The number of hydrogen-bond donors (Lipinski definition) is 2. The third kappa shape index (κ3) is 2.95. The van der Waals surface area contributed by atoms with Crippen LogP contribution in [0.5, 0.6) is 0 Å². The standard InChI is InChI=1S/C16H14N4O2/c21-15(19-18-12-6-2-1-3-7-12)10-20-11-17-14-9-5-4-8-13(14)16(20)22/h1-9,11,18H,10H2,(H,19,21). The number of anilines is 1. The Hall–Kier alpha value is -3.15. The molecule has 0 fully saturated rings. The molecule has 2 N–H and O–H groups in total. The van der Waals surface area contributed by atoms with Gasteiger partial charge in [-0.05, 0) is 24.3 Å². The molecule has 3 aromatic rings. The lowest BCUT2D eigenvalue weighted by atomic mass is 10.2. The predicted molar refractivity (Wildman–Crippen MR) is 84.2 cm³/mol. The molecule has 1 amide bonds. The first-order valence-corrected chi connectivity index (χ1v) is 6.78. The Kier molecular flexibility index (Phi) is 3.82. The number of rotatable bonds is 4. The average Bonchev–Trinajstić information content (AvgIpc) is 2.57. The summed E-state index contributed by atoms with van der Waals surface area (Å²) in [4.78, 5) is 28.3. The highest BCUT2D eigenvalue weighted by Crippen LogP contribution is 2.05. The molecule has 0 atom stereocenters. The molecule has 1 heterocycles. The van der Waals surface area contributed by atoms with E-state index >= 15 is 0 Å². The van der Waals surface area contributed by atoms with Crippen LogP contribution in [-0.2, 0) is 11.3 Å². The van der Waals surface area contributed by atoms with Crippen LogP contribution in [0, 0.1) is 0 Å². The molecule has 0 aliphatic carbocycles. The number of nitrogens with one attached hydrogen (secondary N) is 2. The number of fused-ring (bicyclic) bond motifs is 1. The van der Waals surface area contributed by atoms with Crippen LogP contribution in [0.15, 0.2) is 65.7 Å². The molecule has 110 valence electrons. The lowest BCUT2D eigenvalue weighted by Gasteiger charge is -2.09. The van der Waals surface area contributed by atoms with Crippen molar-refractivity contribution in [3.05, 3.63) is 71.3 Å². The molecule has 0 saturated heterocycles. The topological polar surface area (TPSA) is 76.0 Å². The van der Waals surface area contributed by atoms with Crippen molar-refractivity contribution < 1.29 is 4.79 Å². The third-order valence-corrected chi connectivity index (χ3v) is 3.17. The summed E-state index contributed by atoms with van der Waals surface area (Å²) in [6, 6.07) is 16.3. The number of para-hydroxylation sites is 2. The molecule has 0 aliphatic rings. The minimum absolute atomic E-state index is 0.101. The summed E-state index contributed by atoms with van der Waals surface area (Å²) >= 11 is 0. The van der Waals surface area contributed by atoms with E-state index in [1.165, 1.54) is 10.9 Å². The van der Waals surface area contributed by atoms with Crippen LogP contribution in [-0.4, -0.2) is 15.5 Å². The summed E-state index contributed by atoms with van der Waals surface area (Å²) in [5.74, 6) is -0.331. The summed E-state index contributed by atoms with van der Waals surface area (Å²) in [5.41, 5.74) is 6.48. The quantitative estimate of drug-likeness (QED) is 0.716. The first-order chi connectivity index (χ1) is 10.7. The van der Waals surface area contributed by atoms with Gasteiger partial charge in [0.1, 0.15) is 6.54 Å². The minimum Gasteiger partial charge on any atom is -0.299 e. The zero-order valence-electron chi connectivity index (χ0n) is 11.7. The van der Waals surface area contributed by atoms with Gasteiger partial charge in [-0.3, -0.25) is 25.0 Å². The maximum Gasteiger partial charge on any atom is 0.261 e. The maximum atomic E-state index is 12.3. The van der Waals surface area contributed by atoms with Crippen LogP contribution >= 0.6 is 0 Å². The molecule has 0 saturated carbocycles. The van der Waals surface area contributed by atoms with E-state index in [0.717, 1.165) is 5.69 Å².